The zero-order chi connectivity index (χ0) is 12.6. The number of alkyl halides is 3. The second-order valence-electron chi connectivity index (χ2n) is 3.31. The molecule has 0 amide bonds. The van der Waals surface area contributed by atoms with E-state index in [2.05, 4.69) is 9.84 Å². The van der Waals surface area contributed by atoms with Gasteiger partial charge in [-0.2, -0.15) is 5.10 Å². The summed E-state index contributed by atoms with van der Waals surface area (Å²) in [6.07, 6.45) is -4.69. The van der Waals surface area contributed by atoms with E-state index in [1.54, 1.807) is 6.07 Å². The smallest absolute Gasteiger partial charge is 0.403 e. The highest BCUT2D eigenvalue weighted by atomic mass is 127. The van der Waals surface area contributed by atoms with Crippen LogP contribution in [0.25, 0.3) is 10.9 Å². The van der Waals surface area contributed by atoms with Crippen LogP contribution in [0, 0.1) is 3.70 Å². The molecule has 1 heterocycles. The zero-order valence-electron chi connectivity index (χ0n) is 8.75. The molecule has 1 aromatic carbocycles. The summed E-state index contributed by atoms with van der Waals surface area (Å²) < 4.78 is 42.9. The van der Waals surface area contributed by atoms with Crippen LogP contribution in [0.2, 0.25) is 0 Å². The number of aromatic nitrogens is 2. The standard InChI is InChI=1S/C10H8F3IN2O/c1-2-16-8-6(9(14)15-16)4-3-5-7(8)17-10(11,12)13/h3-5H,2H2,1H3. The van der Waals surface area contributed by atoms with Crippen molar-refractivity contribution in [3.8, 4) is 5.75 Å². The molecule has 0 unspecified atom stereocenters. The number of benzene rings is 1. The van der Waals surface area contributed by atoms with Crippen molar-refractivity contribution in [3.63, 3.8) is 0 Å². The van der Waals surface area contributed by atoms with E-state index in [4.69, 9.17) is 0 Å². The van der Waals surface area contributed by atoms with Crippen molar-refractivity contribution in [2.45, 2.75) is 19.8 Å². The number of hydrogen-bond donors (Lipinski definition) is 0. The van der Waals surface area contributed by atoms with Crippen molar-refractivity contribution in [3.05, 3.63) is 21.9 Å². The lowest BCUT2D eigenvalue weighted by Gasteiger charge is -2.10. The van der Waals surface area contributed by atoms with Crippen LogP contribution in [-0.2, 0) is 6.54 Å². The topological polar surface area (TPSA) is 27.1 Å². The number of ether oxygens (including phenoxy) is 1. The van der Waals surface area contributed by atoms with E-state index in [0.29, 0.717) is 21.1 Å². The van der Waals surface area contributed by atoms with Crippen LogP contribution < -0.4 is 4.74 Å². The molecule has 0 bridgehead atoms. The highest BCUT2D eigenvalue weighted by Gasteiger charge is 2.32. The van der Waals surface area contributed by atoms with Gasteiger partial charge in [0.2, 0.25) is 0 Å². The average Bonchev–Trinajstić information content (AvgIpc) is 2.55. The molecule has 17 heavy (non-hydrogen) atoms. The lowest BCUT2D eigenvalue weighted by Crippen LogP contribution is -2.17. The first-order valence-electron chi connectivity index (χ1n) is 4.83. The van der Waals surface area contributed by atoms with Crippen LogP contribution in [0.15, 0.2) is 18.2 Å². The molecule has 92 valence electrons. The van der Waals surface area contributed by atoms with Crippen LogP contribution in [0.3, 0.4) is 0 Å². The monoisotopic (exact) mass is 356 g/mol. The molecule has 0 fully saturated rings. The molecule has 3 nitrogen and oxygen atoms in total. The molecule has 0 atom stereocenters. The predicted octanol–water partition coefficient (Wildman–Crippen LogP) is 3.56. The van der Waals surface area contributed by atoms with Gasteiger partial charge in [-0.3, -0.25) is 4.68 Å². The molecular formula is C10H8F3IN2O. The van der Waals surface area contributed by atoms with Gasteiger partial charge < -0.3 is 4.74 Å². The third-order valence-corrected chi connectivity index (χ3v) is 3.01. The van der Waals surface area contributed by atoms with Gasteiger partial charge in [-0.05, 0) is 41.6 Å². The molecular weight excluding hydrogens is 348 g/mol. The molecule has 0 aliphatic rings. The lowest BCUT2D eigenvalue weighted by molar-refractivity contribution is -0.274. The summed E-state index contributed by atoms with van der Waals surface area (Å²) in [6.45, 7) is 2.30. The highest BCUT2D eigenvalue weighted by molar-refractivity contribution is 14.1. The Labute approximate surface area is 109 Å². The Hall–Kier alpha value is -0.990. The van der Waals surface area contributed by atoms with Crippen molar-refractivity contribution in [2.75, 3.05) is 0 Å². The minimum atomic E-state index is -4.69. The number of hydrogen-bond acceptors (Lipinski definition) is 2. The second kappa shape index (κ2) is 4.35. The minimum Gasteiger partial charge on any atom is -0.403 e. The quantitative estimate of drug-likeness (QED) is 0.770. The van der Waals surface area contributed by atoms with Gasteiger partial charge in [0.15, 0.2) is 5.75 Å². The molecule has 0 saturated carbocycles. The van der Waals surface area contributed by atoms with Gasteiger partial charge in [0.05, 0.1) is 0 Å². The molecule has 0 aliphatic carbocycles. The zero-order valence-corrected chi connectivity index (χ0v) is 10.9. The number of halogens is 4. The van der Waals surface area contributed by atoms with E-state index in [9.17, 15) is 13.2 Å². The largest absolute Gasteiger partial charge is 0.573 e. The van der Waals surface area contributed by atoms with E-state index < -0.39 is 6.36 Å². The third-order valence-electron chi connectivity index (χ3n) is 2.21. The van der Waals surface area contributed by atoms with Crippen molar-refractivity contribution in [1.29, 1.82) is 0 Å². The van der Waals surface area contributed by atoms with Crippen molar-refractivity contribution >= 4 is 33.5 Å². The number of aryl methyl sites for hydroxylation is 1. The maximum absolute atomic E-state index is 12.3. The Balaban J connectivity index is 2.63. The van der Waals surface area contributed by atoms with Gasteiger partial charge >= 0.3 is 6.36 Å². The van der Waals surface area contributed by atoms with Crippen LogP contribution in [0.4, 0.5) is 13.2 Å². The Morgan fingerprint density at radius 2 is 2.12 bits per heavy atom. The summed E-state index contributed by atoms with van der Waals surface area (Å²) >= 11 is 1.99. The van der Waals surface area contributed by atoms with Gasteiger partial charge in [0, 0.05) is 11.9 Å². The van der Waals surface area contributed by atoms with Gasteiger partial charge in [-0.1, -0.05) is 6.07 Å². The van der Waals surface area contributed by atoms with E-state index in [-0.39, 0.29) is 5.75 Å². The number of rotatable bonds is 2. The average molecular weight is 356 g/mol. The first-order valence-corrected chi connectivity index (χ1v) is 5.91. The second-order valence-corrected chi connectivity index (χ2v) is 4.33. The lowest BCUT2D eigenvalue weighted by atomic mass is 10.2. The summed E-state index contributed by atoms with van der Waals surface area (Å²) in [5.41, 5.74) is 0.372. The first-order chi connectivity index (χ1) is 7.92. The van der Waals surface area contributed by atoms with E-state index >= 15 is 0 Å². The van der Waals surface area contributed by atoms with Gasteiger partial charge in [-0.15, -0.1) is 13.2 Å². The summed E-state index contributed by atoms with van der Waals surface area (Å²) in [6, 6.07) is 4.53. The SMILES string of the molecule is CCn1nc(I)c2cccc(OC(F)(F)F)c21. The van der Waals surface area contributed by atoms with E-state index in [1.807, 2.05) is 29.5 Å². The third kappa shape index (κ3) is 2.48. The summed E-state index contributed by atoms with van der Waals surface area (Å²) in [5, 5.41) is 4.82. The van der Waals surface area contributed by atoms with E-state index in [1.165, 1.54) is 16.8 Å². The summed E-state index contributed by atoms with van der Waals surface area (Å²) in [4.78, 5) is 0. The molecule has 0 radical (unpaired) electrons. The number of nitrogens with zero attached hydrogens (tertiary/aromatic N) is 2. The van der Waals surface area contributed by atoms with Crippen LogP contribution in [-0.4, -0.2) is 16.1 Å². The van der Waals surface area contributed by atoms with Crippen LogP contribution in [0.1, 0.15) is 6.92 Å². The minimum absolute atomic E-state index is 0.215. The van der Waals surface area contributed by atoms with Crippen molar-refractivity contribution in [2.24, 2.45) is 0 Å². The fourth-order valence-corrected chi connectivity index (χ4v) is 2.30. The van der Waals surface area contributed by atoms with E-state index in [0.717, 1.165) is 0 Å². The summed E-state index contributed by atoms with van der Waals surface area (Å²) in [5.74, 6) is -0.215. The van der Waals surface area contributed by atoms with Gasteiger partial charge in [-0.25, -0.2) is 0 Å². The Morgan fingerprint density at radius 1 is 1.41 bits per heavy atom. The molecule has 0 N–H and O–H groups in total. The molecule has 0 spiro atoms. The van der Waals surface area contributed by atoms with Crippen molar-refractivity contribution < 1.29 is 17.9 Å². The fourth-order valence-electron chi connectivity index (χ4n) is 1.60. The first kappa shape index (κ1) is 12.5. The molecule has 0 aliphatic heterocycles. The summed E-state index contributed by atoms with van der Waals surface area (Å²) in [7, 11) is 0. The van der Waals surface area contributed by atoms with Gasteiger partial charge in [0.25, 0.3) is 0 Å². The molecule has 2 rings (SSSR count). The van der Waals surface area contributed by atoms with Crippen LogP contribution >= 0.6 is 22.6 Å². The van der Waals surface area contributed by atoms with Crippen LogP contribution in [0.5, 0.6) is 5.75 Å². The Morgan fingerprint density at radius 3 is 2.71 bits per heavy atom. The molecule has 7 heteroatoms. The predicted molar refractivity (Wildman–Crippen MR) is 64.8 cm³/mol. The van der Waals surface area contributed by atoms with Crippen molar-refractivity contribution in [1.82, 2.24) is 9.78 Å². The fraction of sp³-hybridized carbons (Fsp3) is 0.300. The number of fused-ring (bicyclic) bond motifs is 1. The van der Waals surface area contributed by atoms with Gasteiger partial charge in [0.1, 0.15) is 9.22 Å². The maximum Gasteiger partial charge on any atom is 0.573 e. The molecule has 0 saturated heterocycles. The number of para-hydroxylation sites is 1. The Bertz CT molecular complexity index is 550. The molecule has 2 aromatic rings. The highest BCUT2D eigenvalue weighted by Crippen LogP contribution is 2.32. The normalized spacial score (nSPS) is 12.1. The maximum atomic E-state index is 12.3. The molecule has 1 aromatic heterocycles. The Kier molecular flexibility index (Phi) is 3.19.